The van der Waals surface area contributed by atoms with Crippen molar-refractivity contribution in [2.45, 2.75) is 0 Å². The van der Waals surface area contributed by atoms with Gasteiger partial charge in [-0.3, -0.25) is 0 Å². The number of carboxylic acid groups (broad SMARTS) is 1. The van der Waals surface area contributed by atoms with E-state index in [1.807, 2.05) is 12.1 Å². The third-order valence-electron chi connectivity index (χ3n) is 2.36. The number of carboxylic acids is 1. The Morgan fingerprint density at radius 3 is 2.50 bits per heavy atom. The molecule has 16 heavy (non-hydrogen) atoms. The van der Waals surface area contributed by atoms with Crippen LogP contribution >= 0.6 is 0 Å². The topological polar surface area (TPSA) is 62.3 Å². The maximum Gasteiger partial charge on any atom is 0.337 e. The van der Waals surface area contributed by atoms with Crippen molar-refractivity contribution in [3.05, 3.63) is 42.1 Å². The highest BCUT2D eigenvalue weighted by atomic mass is 16.5. The van der Waals surface area contributed by atoms with Crippen molar-refractivity contribution in [2.75, 3.05) is 7.11 Å². The predicted molar refractivity (Wildman–Crippen MR) is 59.7 cm³/mol. The van der Waals surface area contributed by atoms with E-state index in [0.717, 1.165) is 11.3 Å². The number of benzene rings is 1. The van der Waals surface area contributed by atoms with Gasteiger partial charge in [0.2, 0.25) is 0 Å². The van der Waals surface area contributed by atoms with Gasteiger partial charge in [0.25, 0.3) is 0 Å². The molecule has 1 heterocycles. The lowest BCUT2D eigenvalue weighted by Crippen LogP contribution is -1.96. The Hall–Kier alpha value is -2.23. The van der Waals surface area contributed by atoms with Crippen LogP contribution in [0.1, 0.15) is 10.4 Å². The minimum atomic E-state index is -0.938. The minimum absolute atomic E-state index is 0.269. The quantitative estimate of drug-likeness (QED) is 0.829. The Kier molecular flexibility index (Phi) is 2.64. The van der Waals surface area contributed by atoms with Crippen molar-refractivity contribution < 1.29 is 14.6 Å². The molecular weight excluding hydrogens is 206 g/mol. The molecule has 0 aliphatic rings. The summed E-state index contributed by atoms with van der Waals surface area (Å²) in [6.45, 7) is 0. The fraction of sp³-hybridized carbons (Fsp3) is 0.0833. The van der Waals surface area contributed by atoms with Gasteiger partial charge in [0.1, 0.15) is 5.75 Å². The molecule has 0 atom stereocenters. The zero-order valence-electron chi connectivity index (χ0n) is 8.73. The van der Waals surface area contributed by atoms with E-state index >= 15 is 0 Å². The fourth-order valence-corrected chi connectivity index (χ4v) is 1.54. The number of H-pyrrole nitrogens is 1. The van der Waals surface area contributed by atoms with Crippen molar-refractivity contribution in [3.8, 4) is 17.0 Å². The van der Waals surface area contributed by atoms with Crippen LogP contribution in [0.25, 0.3) is 11.3 Å². The first kappa shape index (κ1) is 10.3. The molecule has 2 N–H and O–H groups in total. The van der Waals surface area contributed by atoms with Crippen molar-refractivity contribution in [3.63, 3.8) is 0 Å². The van der Waals surface area contributed by atoms with Gasteiger partial charge in [0.15, 0.2) is 0 Å². The highest BCUT2D eigenvalue weighted by Gasteiger charge is 2.12. The molecule has 0 fully saturated rings. The zero-order chi connectivity index (χ0) is 11.5. The molecule has 0 saturated carbocycles. The summed E-state index contributed by atoms with van der Waals surface area (Å²) < 4.78 is 5.04. The lowest BCUT2D eigenvalue weighted by Gasteiger charge is -2.03. The molecule has 1 aromatic heterocycles. The van der Waals surface area contributed by atoms with E-state index in [-0.39, 0.29) is 5.56 Å². The van der Waals surface area contributed by atoms with Crippen LogP contribution in [0.2, 0.25) is 0 Å². The van der Waals surface area contributed by atoms with Gasteiger partial charge < -0.3 is 14.8 Å². The van der Waals surface area contributed by atoms with Crippen molar-refractivity contribution >= 4 is 5.97 Å². The number of hydrogen-bond acceptors (Lipinski definition) is 2. The number of ether oxygens (including phenoxy) is 1. The molecular formula is C12H11NO3. The standard InChI is InChI=1S/C12H11NO3/c1-16-9-4-2-8(3-5-9)11-10(12(14)15)6-7-13-11/h2-7,13H,1H3,(H,14,15). The Balaban J connectivity index is 2.42. The molecule has 0 saturated heterocycles. The predicted octanol–water partition coefficient (Wildman–Crippen LogP) is 2.39. The monoisotopic (exact) mass is 217 g/mol. The van der Waals surface area contributed by atoms with Crippen LogP contribution in [0, 0.1) is 0 Å². The first-order valence-electron chi connectivity index (χ1n) is 4.77. The number of aromatic amines is 1. The van der Waals surface area contributed by atoms with Crippen LogP contribution in [0.15, 0.2) is 36.5 Å². The summed E-state index contributed by atoms with van der Waals surface area (Å²) in [5.74, 6) is -0.195. The largest absolute Gasteiger partial charge is 0.497 e. The summed E-state index contributed by atoms with van der Waals surface area (Å²) in [5.41, 5.74) is 1.70. The lowest BCUT2D eigenvalue weighted by atomic mass is 10.1. The number of nitrogens with one attached hydrogen (secondary N) is 1. The van der Waals surface area contributed by atoms with Gasteiger partial charge in [0.05, 0.1) is 18.4 Å². The highest BCUT2D eigenvalue weighted by Crippen LogP contribution is 2.24. The molecule has 0 aliphatic carbocycles. The average molecular weight is 217 g/mol. The second-order valence-electron chi connectivity index (χ2n) is 3.30. The lowest BCUT2D eigenvalue weighted by molar-refractivity contribution is 0.0698. The Labute approximate surface area is 92.5 Å². The normalized spacial score (nSPS) is 10.1. The average Bonchev–Trinajstić information content (AvgIpc) is 2.78. The van der Waals surface area contributed by atoms with Gasteiger partial charge in [0, 0.05) is 6.20 Å². The molecule has 2 rings (SSSR count). The smallest absolute Gasteiger partial charge is 0.337 e. The molecule has 4 heteroatoms. The molecule has 82 valence electrons. The molecule has 0 unspecified atom stereocenters. The first-order chi connectivity index (χ1) is 7.72. The highest BCUT2D eigenvalue weighted by molar-refractivity contribution is 5.95. The summed E-state index contributed by atoms with van der Waals surface area (Å²) >= 11 is 0. The maximum atomic E-state index is 10.9. The summed E-state index contributed by atoms with van der Waals surface area (Å²) in [5, 5.41) is 8.97. The second-order valence-corrected chi connectivity index (χ2v) is 3.30. The number of hydrogen-bond donors (Lipinski definition) is 2. The molecule has 0 bridgehead atoms. The van der Waals surface area contributed by atoms with Crippen LogP contribution < -0.4 is 4.74 Å². The number of aromatic nitrogens is 1. The second kappa shape index (κ2) is 4.10. The molecule has 2 aromatic rings. The van der Waals surface area contributed by atoms with Gasteiger partial charge in [-0.2, -0.15) is 0 Å². The van der Waals surface area contributed by atoms with Crippen LogP contribution in [0.3, 0.4) is 0 Å². The van der Waals surface area contributed by atoms with E-state index < -0.39 is 5.97 Å². The van der Waals surface area contributed by atoms with E-state index in [9.17, 15) is 4.79 Å². The van der Waals surface area contributed by atoms with Crippen molar-refractivity contribution in [1.82, 2.24) is 4.98 Å². The molecule has 0 spiro atoms. The zero-order valence-corrected chi connectivity index (χ0v) is 8.73. The molecule has 1 aromatic carbocycles. The van der Waals surface area contributed by atoms with Gasteiger partial charge in [-0.15, -0.1) is 0 Å². The van der Waals surface area contributed by atoms with Gasteiger partial charge in [-0.1, -0.05) is 0 Å². The van der Waals surface area contributed by atoms with Crippen LogP contribution in [0.5, 0.6) is 5.75 Å². The number of aromatic carboxylic acids is 1. The SMILES string of the molecule is COc1ccc(-c2[nH]ccc2C(=O)O)cc1. The Bertz CT molecular complexity index is 499. The first-order valence-corrected chi connectivity index (χ1v) is 4.77. The number of methoxy groups -OCH3 is 1. The molecule has 4 nitrogen and oxygen atoms in total. The van der Waals surface area contributed by atoms with Crippen LogP contribution in [-0.2, 0) is 0 Å². The number of rotatable bonds is 3. The third-order valence-corrected chi connectivity index (χ3v) is 2.36. The fourth-order valence-electron chi connectivity index (χ4n) is 1.54. The van der Waals surface area contributed by atoms with Crippen LogP contribution in [0.4, 0.5) is 0 Å². The van der Waals surface area contributed by atoms with Crippen molar-refractivity contribution in [1.29, 1.82) is 0 Å². The third kappa shape index (κ3) is 1.77. The summed E-state index contributed by atoms with van der Waals surface area (Å²) in [6, 6.07) is 8.76. The van der Waals surface area contributed by atoms with E-state index in [4.69, 9.17) is 9.84 Å². The maximum absolute atomic E-state index is 10.9. The Morgan fingerprint density at radius 2 is 1.94 bits per heavy atom. The van der Waals surface area contributed by atoms with E-state index in [0.29, 0.717) is 5.69 Å². The van der Waals surface area contributed by atoms with Crippen molar-refractivity contribution in [2.24, 2.45) is 0 Å². The van der Waals surface area contributed by atoms with Gasteiger partial charge in [-0.25, -0.2) is 4.79 Å². The minimum Gasteiger partial charge on any atom is -0.497 e. The van der Waals surface area contributed by atoms with E-state index in [1.165, 1.54) is 0 Å². The van der Waals surface area contributed by atoms with Gasteiger partial charge >= 0.3 is 5.97 Å². The van der Waals surface area contributed by atoms with E-state index in [2.05, 4.69) is 4.98 Å². The summed E-state index contributed by atoms with van der Waals surface area (Å²) in [4.78, 5) is 13.9. The summed E-state index contributed by atoms with van der Waals surface area (Å²) in [6.07, 6.45) is 1.61. The van der Waals surface area contributed by atoms with Crippen LogP contribution in [-0.4, -0.2) is 23.2 Å². The Morgan fingerprint density at radius 1 is 1.25 bits per heavy atom. The molecule has 0 radical (unpaired) electrons. The molecule has 0 amide bonds. The summed E-state index contributed by atoms with van der Waals surface area (Å²) in [7, 11) is 1.59. The van der Waals surface area contributed by atoms with Gasteiger partial charge in [-0.05, 0) is 35.9 Å². The number of carbonyl (C=O) groups is 1. The van der Waals surface area contributed by atoms with E-state index in [1.54, 1.807) is 31.5 Å². The molecule has 0 aliphatic heterocycles.